The summed E-state index contributed by atoms with van der Waals surface area (Å²) in [6.07, 6.45) is 0.297. The van der Waals surface area contributed by atoms with Crippen molar-refractivity contribution in [2.45, 2.75) is 6.36 Å². The van der Waals surface area contributed by atoms with Gasteiger partial charge in [-0.2, -0.15) is 0 Å². The fraction of sp³-hybridized carbons (Fsp3) is 0.111. The molecule has 0 N–H and O–H groups in total. The van der Waals surface area contributed by atoms with Gasteiger partial charge in [-0.05, 0) is 18.2 Å². The van der Waals surface area contributed by atoms with Gasteiger partial charge >= 0.3 is 6.36 Å². The van der Waals surface area contributed by atoms with Gasteiger partial charge in [-0.25, -0.2) is 0 Å². The Hall–Kier alpha value is -1.15. The predicted octanol–water partition coefficient (Wildman–Crippen LogP) is 3.33. The standard InChI is InChI=1S/C9H4BrF3O/c1-2-6-5-7(10)3-4-8(6)14-9(11,12)13/h1,3-5H. The molecule has 0 aliphatic heterocycles. The minimum Gasteiger partial charge on any atom is -0.404 e. The van der Waals surface area contributed by atoms with Crippen LogP contribution in [0.25, 0.3) is 0 Å². The summed E-state index contributed by atoms with van der Waals surface area (Å²) in [6.45, 7) is 0. The minimum atomic E-state index is -4.72. The predicted molar refractivity (Wildman–Crippen MR) is 48.8 cm³/mol. The van der Waals surface area contributed by atoms with Crippen LogP contribution in [-0.2, 0) is 0 Å². The molecular weight excluding hydrogens is 261 g/mol. The monoisotopic (exact) mass is 264 g/mol. The molecule has 0 heterocycles. The van der Waals surface area contributed by atoms with Crippen LogP contribution in [0.4, 0.5) is 13.2 Å². The van der Waals surface area contributed by atoms with E-state index in [0.717, 1.165) is 6.07 Å². The topological polar surface area (TPSA) is 9.23 Å². The Kier molecular flexibility index (Phi) is 3.06. The highest BCUT2D eigenvalue weighted by atomic mass is 79.9. The highest BCUT2D eigenvalue weighted by Crippen LogP contribution is 2.27. The molecule has 0 atom stereocenters. The van der Waals surface area contributed by atoms with Gasteiger partial charge in [0, 0.05) is 4.47 Å². The number of benzene rings is 1. The Morgan fingerprint density at radius 3 is 2.50 bits per heavy atom. The summed E-state index contributed by atoms with van der Waals surface area (Å²) in [5.41, 5.74) is 0.0525. The van der Waals surface area contributed by atoms with Crippen LogP contribution < -0.4 is 4.74 Å². The second-order valence-electron chi connectivity index (χ2n) is 2.33. The van der Waals surface area contributed by atoms with Gasteiger partial charge in [0.1, 0.15) is 5.75 Å². The second kappa shape index (κ2) is 3.93. The molecule has 0 saturated heterocycles. The van der Waals surface area contributed by atoms with Gasteiger partial charge < -0.3 is 4.74 Å². The summed E-state index contributed by atoms with van der Waals surface area (Å²) in [7, 11) is 0. The van der Waals surface area contributed by atoms with E-state index in [1.54, 1.807) is 0 Å². The van der Waals surface area contributed by atoms with E-state index in [1.165, 1.54) is 12.1 Å². The molecule has 0 fully saturated rings. The summed E-state index contributed by atoms with van der Waals surface area (Å²) in [4.78, 5) is 0. The lowest BCUT2D eigenvalue weighted by atomic mass is 10.2. The molecule has 0 saturated carbocycles. The van der Waals surface area contributed by atoms with Crippen LogP contribution in [0.2, 0.25) is 0 Å². The first-order valence-electron chi connectivity index (χ1n) is 3.44. The van der Waals surface area contributed by atoms with Crippen molar-refractivity contribution in [1.82, 2.24) is 0 Å². The van der Waals surface area contributed by atoms with Crippen molar-refractivity contribution < 1.29 is 17.9 Å². The van der Waals surface area contributed by atoms with Crippen LogP contribution in [0.5, 0.6) is 5.75 Å². The van der Waals surface area contributed by atoms with Crippen molar-refractivity contribution in [1.29, 1.82) is 0 Å². The minimum absolute atomic E-state index is 0.0525. The number of alkyl halides is 3. The molecule has 5 heteroatoms. The zero-order valence-corrected chi connectivity index (χ0v) is 8.32. The number of terminal acetylenes is 1. The van der Waals surface area contributed by atoms with Gasteiger partial charge in [-0.1, -0.05) is 21.9 Å². The third-order valence-corrected chi connectivity index (χ3v) is 1.82. The Labute approximate surface area is 87.0 Å². The first-order valence-corrected chi connectivity index (χ1v) is 4.23. The van der Waals surface area contributed by atoms with Gasteiger partial charge in [-0.15, -0.1) is 19.6 Å². The molecule has 0 amide bonds. The van der Waals surface area contributed by atoms with Crippen molar-refractivity contribution in [3.8, 4) is 18.1 Å². The lowest BCUT2D eigenvalue weighted by Gasteiger charge is -2.10. The van der Waals surface area contributed by atoms with E-state index in [9.17, 15) is 13.2 Å². The van der Waals surface area contributed by atoms with Crippen molar-refractivity contribution in [3.63, 3.8) is 0 Å². The van der Waals surface area contributed by atoms with Gasteiger partial charge in [-0.3, -0.25) is 0 Å². The summed E-state index contributed by atoms with van der Waals surface area (Å²) in [5.74, 6) is 1.73. The van der Waals surface area contributed by atoms with E-state index >= 15 is 0 Å². The number of halogens is 4. The maximum atomic E-state index is 11.9. The molecule has 0 aliphatic rings. The molecule has 1 rings (SSSR count). The Balaban J connectivity index is 3.05. The SMILES string of the molecule is C#Cc1cc(Br)ccc1OC(F)(F)F. The van der Waals surface area contributed by atoms with E-state index in [2.05, 4.69) is 26.6 Å². The Morgan fingerprint density at radius 1 is 1.36 bits per heavy atom. The van der Waals surface area contributed by atoms with Crippen molar-refractivity contribution in [3.05, 3.63) is 28.2 Å². The average Bonchev–Trinajstić information content (AvgIpc) is 2.06. The maximum absolute atomic E-state index is 11.9. The molecule has 0 aromatic heterocycles. The molecule has 0 unspecified atom stereocenters. The quantitative estimate of drug-likeness (QED) is 0.707. The molecule has 0 spiro atoms. The number of rotatable bonds is 1. The fourth-order valence-electron chi connectivity index (χ4n) is 0.829. The zero-order valence-electron chi connectivity index (χ0n) is 6.73. The molecule has 0 bridgehead atoms. The van der Waals surface area contributed by atoms with E-state index in [1.807, 2.05) is 0 Å². The first kappa shape index (κ1) is 10.9. The maximum Gasteiger partial charge on any atom is 0.573 e. The Morgan fingerprint density at radius 2 is 2.00 bits per heavy atom. The first-order chi connectivity index (χ1) is 6.42. The van der Waals surface area contributed by atoms with Crippen LogP contribution in [0.3, 0.4) is 0 Å². The van der Waals surface area contributed by atoms with Gasteiger partial charge in [0.25, 0.3) is 0 Å². The van der Waals surface area contributed by atoms with Crippen LogP contribution in [0.15, 0.2) is 22.7 Å². The Bertz CT molecular complexity index is 379. The number of ether oxygens (including phenoxy) is 1. The van der Waals surface area contributed by atoms with Gasteiger partial charge in [0.05, 0.1) is 5.56 Å². The van der Waals surface area contributed by atoms with E-state index in [-0.39, 0.29) is 11.3 Å². The van der Waals surface area contributed by atoms with Crippen molar-refractivity contribution >= 4 is 15.9 Å². The highest BCUT2D eigenvalue weighted by molar-refractivity contribution is 9.10. The highest BCUT2D eigenvalue weighted by Gasteiger charge is 2.31. The largest absolute Gasteiger partial charge is 0.573 e. The second-order valence-corrected chi connectivity index (χ2v) is 3.25. The summed E-state index contributed by atoms with van der Waals surface area (Å²) < 4.78 is 39.9. The lowest BCUT2D eigenvalue weighted by Crippen LogP contribution is -2.17. The van der Waals surface area contributed by atoms with E-state index < -0.39 is 6.36 Å². The molecule has 14 heavy (non-hydrogen) atoms. The van der Waals surface area contributed by atoms with E-state index in [4.69, 9.17) is 6.42 Å². The van der Waals surface area contributed by atoms with Crippen LogP contribution in [0, 0.1) is 12.3 Å². The van der Waals surface area contributed by atoms with Crippen LogP contribution >= 0.6 is 15.9 Å². The third-order valence-electron chi connectivity index (χ3n) is 1.32. The smallest absolute Gasteiger partial charge is 0.404 e. The number of hydrogen-bond donors (Lipinski definition) is 0. The van der Waals surface area contributed by atoms with Crippen LogP contribution in [-0.4, -0.2) is 6.36 Å². The average molecular weight is 265 g/mol. The molecule has 0 aliphatic carbocycles. The molecule has 1 aromatic rings. The summed E-state index contributed by atoms with van der Waals surface area (Å²) >= 11 is 3.08. The normalized spacial score (nSPS) is 10.8. The molecule has 0 radical (unpaired) electrons. The third kappa shape index (κ3) is 2.96. The molecule has 1 aromatic carbocycles. The van der Waals surface area contributed by atoms with Gasteiger partial charge in [0.15, 0.2) is 0 Å². The summed E-state index contributed by atoms with van der Waals surface area (Å²) in [6, 6.07) is 3.95. The molecule has 1 nitrogen and oxygen atoms in total. The van der Waals surface area contributed by atoms with Crippen molar-refractivity contribution in [2.75, 3.05) is 0 Å². The zero-order chi connectivity index (χ0) is 10.8. The van der Waals surface area contributed by atoms with E-state index in [0.29, 0.717) is 4.47 Å². The molecular formula is C9H4BrF3O. The van der Waals surface area contributed by atoms with Crippen LogP contribution in [0.1, 0.15) is 5.56 Å². The fourth-order valence-corrected chi connectivity index (χ4v) is 1.19. The summed E-state index contributed by atoms with van der Waals surface area (Å²) in [5, 5.41) is 0. The number of hydrogen-bond acceptors (Lipinski definition) is 1. The lowest BCUT2D eigenvalue weighted by molar-refractivity contribution is -0.274. The van der Waals surface area contributed by atoms with Gasteiger partial charge in [0.2, 0.25) is 0 Å². The molecule has 74 valence electrons. The van der Waals surface area contributed by atoms with Crippen molar-refractivity contribution in [2.24, 2.45) is 0 Å².